The van der Waals surface area contributed by atoms with E-state index in [1.54, 1.807) is 7.05 Å². The zero-order valence-electron chi connectivity index (χ0n) is 5.97. The Balaban J connectivity index is 3.41. The fraction of sp³-hybridized carbons (Fsp3) is 0.833. The van der Waals surface area contributed by atoms with Gasteiger partial charge in [-0.15, -0.1) is 0 Å². The lowest BCUT2D eigenvalue weighted by molar-refractivity contribution is 0.484. The smallest absolute Gasteiger partial charge is 0.0846 e. The Morgan fingerprint density at radius 2 is 2.33 bits per heavy atom. The second kappa shape index (κ2) is 6.08. The molecule has 0 unspecified atom stereocenters. The molecule has 0 bridgehead atoms. The first kappa shape index (κ1) is 8.95. The van der Waals surface area contributed by atoms with Crippen molar-refractivity contribution >= 4 is 22.3 Å². The summed E-state index contributed by atoms with van der Waals surface area (Å²) in [6.07, 6.45) is 1.86. The van der Waals surface area contributed by atoms with Crippen molar-refractivity contribution in [1.82, 2.24) is 4.90 Å². The van der Waals surface area contributed by atoms with Crippen molar-refractivity contribution in [2.75, 3.05) is 25.5 Å². The van der Waals surface area contributed by atoms with E-state index in [4.69, 9.17) is 0 Å². The van der Waals surface area contributed by atoms with Crippen molar-refractivity contribution in [3.8, 4) is 0 Å². The van der Waals surface area contributed by atoms with Crippen LogP contribution in [-0.2, 0) is 0 Å². The van der Waals surface area contributed by atoms with Gasteiger partial charge in [-0.3, -0.25) is 4.99 Å². The molecule has 0 aromatic heterocycles. The van der Waals surface area contributed by atoms with Crippen LogP contribution in [0.2, 0.25) is 0 Å². The van der Waals surface area contributed by atoms with Crippen LogP contribution in [0.3, 0.4) is 0 Å². The molecule has 0 spiro atoms. The molecule has 0 atom stereocenters. The molecule has 0 saturated heterocycles. The Morgan fingerprint density at radius 1 is 1.67 bits per heavy atom. The van der Waals surface area contributed by atoms with Gasteiger partial charge in [-0.2, -0.15) is 0 Å². The maximum absolute atomic E-state index is 3.91. The summed E-state index contributed by atoms with van der Waals surface area (Å²) < 4.78 is 0. The van der Waals surface area contributed by atoms with Crippen molar-refractivity contribution in [3.63, 3.8) is 0 Å². The molecule has 0 amide bonds. The molecule has 0 saturated carbocycles. The van der Waals surface area contributed by atoms with Crippen molar-refractivity contribution < 1.29 is 0 Å². The summed E-state index contributed by atoms with van der Waals surface area (Å²) in [5, 5.41) is 1.01. The van der Waals surface area contributed by atoms with Gasteiger partial charge in [0.05, 0.1) is 6.34 Å². The quantitative estimate of drug-likeness (QED) is 0.374. The molecular formula is C6H13BrN2. The van der Waals surface area contributed by atoms with Crippen LogP contribution in [0.5, 0.6) is 0 Å². The van der Waals surface area contributed by atoms with Crippen LogP contribution in [0.25, 0.3) is 0 Å². The van der Waals surface area contributed by atoms with Gasteiger partial charge in [0.25, 0.3) is 0 Å². The van der Waals surface area contributed by atoms with E-state index in [-0.39, 0.29) is 0 Å². The maximum Gasteiger partial charge on any atom is 0.0846 e. The molecule has 0 heterocycles. The van der Waals surface area contributed by atoms with E-state index >= 15 is 0 Å². The molecule has 0 N–H and O–H groups in total. The Bertz CT molecular complexity index is 83.1. The van der Waals surface area contributed by atoms with Crippen molar-refractivity contribution in [1.29, 1.82) is 0 Å². The summed E-state index contributed by atoms with van der Waals surface area (Å²) in [4.78, 5) is 6.05. The van der Waals surface area contributed by atoms with Gasteiger partial charge in [0.1, 0.15) is 0 Å². The van der Waals surface area contributed by atoms with Crippen LogP contribution in [0.4, 0.5) is 0 Å². The molecule has 0 rings (SSSR count). The van der Waals surface area contributed by atoms with Gasteiger partial charge in [-0.05, 0) is 6.92 Å². The van der Waals surface area contributed by atoms with Gasteiger partial charge in [-0.1, -0.05) is 15.9 Å². The van der Waals surface area contributed by atoms with Crippen molar-refractivity contribution in [3.05, 3.63) is 0 Å². The van der Waals surface area contributed by atoms with E-state index in [1.807, 2.05) is 6.34 Å². The van der Waals surface area contributed by atoms with Crippen molar-refractivity contribution in [2.45, 2.75) is 6.92 Å². The highest BCUT2D eigenvalue weighted by molar-refractivity contribution is 9.09. The average molecular weight is 193 g/mol. The first-order valence-corrected chi connectivity index (χ1v) is 4.19. The van der Waals surface area contributed by atoms with Crippen LogP contribution in [0, 0.1) is 0 Å². The summed E-state index contributed by atoms with van der Waals surface area (Å²) in [6, 6.07) is 0. The van der Waals surface area contributed by atoms with Gasteiger partial charge in [0.2, 0.25) is 0 Å². The largest absolute Gasteiger partial charge is 0.362 e. The number of hydrogen-bond acceptors (Lipinski definition) is 1. The van der Waals surface area contributed by atoms with E-state index in [9.17, 15) is 0 Å². The highest BCUT2D eigenvalue weighted by Crippen LogP contribution is 1.86. The molecule has 0 aliphatic carbocycles. The SMILES string of the molecule is CCN(/C=N\C)CCBr. The summed E-state index contributed by atoms with van der Waals surface area (Å²) in [5.74, 6) is 0. The zero-order chi connectivity index (χ0) is 7.11. The standard InChI is InChI=1S/C6H13BrN2/c1-3-9(5-4-7)6-8-2/h6H,3-5H2,1-2H3/b8-6-. The molecule has 0 radical (unpaired) electrons. The molecule has 9 heavy (non-hydrogen) atoms. The number of aliphatic imine (C=N–C) groups is 1. The lowest BCUT2D eigenvalue weighted by Crippen LogP contribution is -2.23. The Labute approximate surface area is 65.1 Å². The Hall–Kier alpha value is -0.0500. The Kier molecular flexibility index (Phi) is 6.04. The highest BCUT2D eigenvalue weighted by Gasteiger charge is 1.90. The summed E-state index contributed by atoms with van der Waals surface area (Å²) >= 11 is 3.36. The molecule has 0 aliphatic heterocycles. The summed E-state index contributed by atoms with van der Waals surface area (Å²) in [5.41, 5.74) is 0. The van der Waals surface area contributed by atoms with Crippen LogP contribution >= 0.6 is 15.9 Å². The summed E-state index contributed by atoms with van der Waals surface area (Å²) in [6.45, 7) is 4.18. The van der Waals surface area contributed by atoms with E-state index in [2.05, 4.69) is 32.7 Å². The second-order valence-electron chi connectivity index (χ2n) is 1.69. The first-order chi connectivity index (χ1) is 4.35. The molecule has 2 nitrogen and oxygen atoms in total. The molecule has 54 valence electrons. The minimum Gasteiger partial charge on any atom is -0.362 e. The topological polar surface area (TPSA) is 15.6 Å². The van der Waals surface area contributed by atoms with Gasteiger partial charge in [0.15, 0.2) is 0 Å². The zero-order valence-corrected chi connectivity index (χ0v) is 7.56. The first-order valence-electron chi connectivity index (χ1n) is 3.07. The second-order valence-corrected chi connectivity index (χ2v) is 2.48. The minimum atomic E-state index is 1.01. The lowest BCUT2D eigenvalue weighted by atomic mass is 10.6. The molecule has 0 aromatic rings. The van der Waals surface area contributed by atoms with Crippen LogP contribution < -0.4 is 0 Å². The fourth-order valence-corrected chi connectivity index (χ4v) is 1.02. The van der Waals surface area contributed by atoms with Gasteiger partial charge in [0, 0.05) is 25.5 Å². The highest BCUT2D eigenvalue weighted by atomic mass is 79.9. The third-order valence-electron chi connectivity index (χ3n) is 1.06. The van der Waals surface area contributed by atoms with Gasteiger partial charge >= 0.3 is 0 Å². The molecular weight excluding hydrogens is 180 g/mol. The van der Waals surface area contributed by atoms with Crippen LogP contribution in [0.1, 0.15) is 6.92 Å². The monoisotopic (exact) mass is 192 g/mol. The number of rotatable bonds is 4. The number of halogens is 1. The molecule has 0 fully saturated rings. The van der Waals surface area contributed by atoms with E-state index in [0.717, 1.165) is 18.4 Å². The fourth-order valence-electron chi connectivity index (χ4n) is 0.569. The molecule has 0 aliphatic rings. The maximum atomic E-state index is 3.91. The van der Waals surface area contributed by atoms with E-state index in [0.29, 0.717) is 0 Å². The predicted molar refractivity (Wildman–Crippen MR) is 45.5 cm³/mol. The predicted octanol–water partition coefficient (Wildman–Crippen LogP) is 1.36. The Morgan fingerprint density at radius 3 is 2.67 bits per heavy atom. The average Bonchev–Trinajstić information content (AvgIpc) is 1.88. The van der Waals surface area contributed by atoms with Crippen LogP contribution in [-0.4, -0.2) is 36.7 Å². The number of alkyl halides is 1. The van der Waals surface area contributed by atoms with Gasteiger partial charge in [-0.25, -0.2) is 0 Å². The van der Waals surface area contributed by atoms with Crippen LogP contribution in [0.15, 0.2) is 4.99 Å². The molecule has 3 heteroatoms. The van der Waals surface area contributed by atoms with E-state index in [1.165, 1.54) is 0 Å². The normalized spacial score (nSPS) is 10.6. The minimum absolute atomic E-state index is 1.01. The number of nitrogens with zero attached hydrogens (tertiary/aromatic N) is 2. The van der Waals surface area contributed by atoms with Crippen molar-refractivity contribution in [2.24, 2.45) is 4.99 Å². The van der Waals surface area contributed by atoms with E-state index < -0.39 is 0 Å². The third-order valence-corrected chi connectivity index (χ3v) is 1.41. The van der Waals surface area contributed by atoms with Gasteiger partial charge < -0.3 is 4.90 Å². The third kappa shape index (κ3) is 4.45. The summed E-state index contributed by atoms with van der Waals surface area (Å²) in [7, 11) is 1.79. The lowest BCUT2D eigenvalue weighted by Gasteiger charge is -2.14. The number of hydrogen-bond donors (Lipinski definition) is 0. The molecule has 0 aromatic carbocycles.